The largest absolute Gasteiger partial charge is 0.399 e. The molecule has 0 heterocycles. The van der Waals surface area contributed by atoms with Crippen LogP contribution in [-0.4, -0.2) is 18.2 Å². The molecule has 20 heavy (non-hydrogen) atoms. The van der Waals surface area contributed by atoms with E-state index in [4.69, 9.17) is 5.73 Å². The summed E-state index contributed by atoms with van der Waals surface area (Å²) in [6.45, 7) is 0.509. The zero-order valence-electron chi connectivity index (χ0n) is 10.8. The number of anilines is 1. The zero-order valence-corrected chi connectivity index (χ0v) is 11.6. The van der Waals surface area contributed by atoms with Crippen LogP contribution >= 0.6 is 11.8 Å². The summed E-state index contributed by atoms with van der Waals surface area (Å²) in [5.74, 6) is -0.0701. The van der Waals surface area contributed by atoms with Gasteiger partial charge in [-0.3, -0.25) is 4.79 Å². The summed E-state index contributed by atoms with van der Waals surface area (Å²) in [4.78, 5) is 13.0. The highest BCUT2D eigenvalue weighted by Gasteiger charge is 2.07. The number of hydrogen-bond acceptors (Lipinski definition) is 3. The van der Waals surface area contributed by atoms with Crippen LogP contribution in [0.4, 0.5) is 10.1 Å². The summed E-state index contributed by atoms with van der Waals surface area (Å²) in [6.07, 6.45) is 0. The quantitative estimate of drug-likeness (QED) is 0.506. The highest BCUT2D eigenvalue weighted by atomic mass is 32.2. The maximum atomic E-state index is 13.1. The summed E-state index contributed by atoms with van der Waals surface area (Å²) >= 11 is 1.65. The third-order valence-corrected chi connectivity index (χ3v) is 3.60. The first-order valence-electron chi connectivity index (χ1n) is 6.17. The number of rotatable bonds is 5. The molecule has 0 atom stereocenters. The van der Waals surface area contributed by atoms with Gasteiger partial charge in [0.1, 0.15) is 5.82 Å². The first kappa shape index (κ1) is 14.4. The summed E-state index contributed by atoms with van der Waals surface area (Å²) in [5.41, 5.74) is 5.99. The van der Waals surface area contributed by atoms with Crippen LogP contribution in [0.3, 0.4) is 0 Å². The van der Waals surface area contributed by atoms with Crippen molar-refractivity contribution in [2.75, 3.05) is 18.0 Å². The molecule has 0 aliphatic carbocycles. The number of carbonyl (C=O) groups excluding carboxylic acids is 1. The van der Waals surface area contributed by atoms with Crippen molar-refractivity contribution in [3.63, 3.8) is 0 Å². The van der Waals surface area contributed by atoms with Crippen LogP contribution in [0.5, 0.6) is 0 Å². The average Bonchev–Trinajstić information content (AvgIpc) is 2.43. The lowest BCUT2D eigenvalue weighted by molar-refractivity contribution is 0.0956. The van der Waals surface area contributed by atoms with E-state index < -0.39 is 5.82 Å². The van der Waals surface area contributed by atoms with Crippen molar-refractivity contribution in [1.82, 2.24) is 5.32 Å². The second kappa shape index (κ2) is 6.96. The van der Waals surface area contributed by atoms with Crippen molar-refractivity contribution in [2.24, 2.45) is 0 Å². The Kier molecular flexibility index (Phi) is 5.01. The Morgan fingerprint density at radius 3 is 2.65 bits per heavy atom. The van der Waals surface area contributed by atoms with Crippen LogP contribution < -0.4 is 11.1 Å². The number of hydrogen-bond donors (Lipinski definition) is 2. The second-order valence-corrected chi connectivity index (χ2v) is 5.36. The van der Waals surface area contributed by atoms with E-state index in [1.165, 1.54) is 18.2 Å². The molecule has 2 aromatic carbocycles. The molecule has 0 radical (unpaired) electrons. The Morgan fingerprint density at radius 2 is 1.95 bits per heavy atom. The molecule has 104 valence electrons. The summed E-state index contributed by atoms with van der Waals surface area (Å²) < 4.78 is 13.1. The molecule has 5 heteroatoms. The molecule has 0 aliphatic heterocycles. The van der Waals surface area contributed by atoms with Gasteiger partial charge in [-0.1, -0.05) is 18.2 Å². The number of thioether (sulfide) groups is 1. The molecule has 0 aliphatic rings. The van der Waals surface area contributed by atoms with Gasteiger partial charge in [-0.2, -0.15) is 0 Å². The van der Waals surface area contributed by atoms with E-state index >= 15 is 0 Å². The summed E-state index contributed by atoms with van der Waals surface area (Å²) in [5, 5.41) is 2.74. The van der Waals surface area contributed by atoms with Gasteiger partial charge in [0, 0.05) is 28.4 Å². The fourth-order valence-electron chi connectivity index (χ4n) is 1.70. The van der Waals surface area contributed by atoms with Crippen LogP contribution in [0.1, 0.15) is 10.4 Å². The molecule has 2 aromatic rings. The lowest BCUT2D eigenvalue weighted by Crippen LogP contribution is -2.25. The van der Waals surface area contributed by atoms with Crippen LogP contribution in [0, 0.1) is 5.82 Å². The lowest BCUT2D eigenvalue weighted by atomic mass is 10.2. The number of amides is 1. The minimum Gasteiger partial charge on any atom is -0.399 e. The number of benzene rings is 2. The maximum Gasteiger partial charge on any atom is 0.251 e. The summed E-state index contributed by atoms with van der Waals surface area (Å²) in [7, 11) is 0. The van der Waals surface area contributed by atoms with E-state index in [2.05, 4.69) is 5.32 Å². The molecular formula is C15H15FN2OS. The lowest BCUT2D eigenvalue weighted by Gasteiger charge is -2.06. The topological polar surface area (TPSA) is 55.1 Å². The number of halogens is 1. The van der Waals surface area contributed by atoms with Crippen LogP contribution in [0.25, 0.3) is 0 Å². The maximum absolute atomic E-state index is 13.1. The van der Waals surface area contributed by atoms with Crippen LogP contribution in [-0.2, 0) is 0 Å². The van der Waals surface area contributed by atoms with E-state index in [0.29, 0.717) is 6.54 Å². The first-order chi connectivity index (χ1) is 9.65. The highest BCUT2D eigenvalue weighted by Crippen LogP contribution is 2.16. The van der Waals surface area contributed by atoms with E-state index in [-0.39, 0.29) is 17.2 Å². The van der Waals surface area contributed by atoms with Crippen molar-refractivity contribution in [1.29, 1.82) is 0 Å². The van der Waals surface area contributed by atoms with E-state index in [9.17, 15) is 9.18 Å². The molecule has 0 saturated carbocycles. The number of nitrogens with two attached hydrogens (primary N) is 1. The van der Waals surface area contributed by atoms with Gasteiger partial charge >= 0.3 is 0 Å². The first-order valence-corrected chi connectivity index (χ1v) is 7.16. The average molecular weight is 290 g/mol. The molecule has 0 aromatic heterocycles. The fourth-order valence-corrected chi connectivity index (χ4v) is 2.49. The monoisotopic (exact) mass is 290 g/mol. The molecule has 2 rings (SSSR count). The van der Waals surface area contributed by atoms with Crippen molar-refractivity contribution in [3.05, 3.63) is 59.9 Å². The molecule has 3 nitrogen and oxygen atoms in total. The van der Waals surface area contributed by atoms with Gasteiger partial charge in [0.25, 0.3) is 5.91 Å². The Balaban J connectivity index is 1.80. The van der Waals surface area contributed by atoms with E-state index in [0.717, 1.165) is 10.6 Å². The van der Waals surface area contributed by atoms with Crippen LogP contribution in [0.2, 0.25) is 0 Å². The number of nitrogens with one attached hydrogen (secondary N) is 1. The Bertz CT molecular complexity index is 569. The number of nitrogen functional groups attached to an aromatic ring is 1. The SMILES string of the molecule is Nc1cc(F)cc(C(=O)NCCSc2ccccc2)c1. The van der Waals surface area contributed by atoms with E-state index in [1.807, 2.05) is 30.3 Å². The molecule has 0 bridgehead atoms. The van der Waals surface area contributed by atoms with Gasteiger partial charge in [0.05, 0.1) is 0 Å². The van der Waals surface area contributed by atoms with Crippen molar-refractivity contribution >= 4 is 23.4 Å². The third kappa shape index (κ3) is 4.28. The smallest absolute Gasteiger partial charge is 0.251 e. The molecule has 0 spiro atoms. The van der Waals surface area contributed by atoms with Crippen LogP contribution in [0.15, 0.2) is 53.4 Å². The molecule has 1 amide bonds. The minimum absolute atomic E-state index is 0.243. The standard InChI is InChI=1S/C15H15FN2OS/c16-12-8-11(9-13(17)10-12)15(19)18-6-7-20-14-4-2-1-3-5-14/h1-5,8-10H,6-7,17H2,(H,18,19). The normalized spacial score (nSPS) is 10.2. The predicted octanol–water partition coefficient (Wildman–Crippen LogP) is 2.93. The van der Waals surface area contributed by atoms with Gasteiger partial charge in [-0.05, 0) is 30.3 Å². The van der Waals surface area contributed by atoms with Crippen molar-refractivity contribution in [2.45, 2.75) is 4.90 Å². The molecular weight excluding hydrogens is 275 g/mol. The number of carbonyl (C=O) groups is 1. The minimum atomic E-state index is -0.506. The van der Waals surface area contributed by atoms with Crippen molar-refractivity contribution < 1.29 is 9.18 Å². The Labute approximate surface area is 121 Å². The van der Waals surface area contributed by atoms with Gasteiger partial charge in [0.2, 0.25) is 0 Å². The molecule has 0 saturated heterocycles. The van der Waals surface area contributed by atoms with Gasteiger partial charge < -0.3 is 11.1 Å². The molecule has 3 N–H and O–H groups in total. The van der Waals surface area contributed by atoms with Gasteiger partial charge in [0.15, 0.2) is 0 Å². The third-order valence-electron chi connectivity index (χ3n) is 2.58. The predicted molar refractivity (Wildman–Crippen MR) is 80.3 cm³/mol. The Morgan fingerprint density at radius 1 is 1.20 bits per heavy atom. The molecule has 0 fully saturated rings. The van der Waals surface area contributed by atoms with E-state index in [1.54, 1.807) is 11.8 Å². The summed E-state index contributed by atoms with van der Waals surface area (Å²) in [6, 6.07) is 13.7. The van der Waals surface area contributed by atoms with Gasteiger partial charge in [-0.25, -0.2) is 4.39 Å². The van der Waals surface area contributed by atoms with Gasteiger partial charge in [-0.15, -0.1) is 11.8 Å². The van der Waals surface area contributed by atoms with Crippen molar-refractivity contribution in [3.8, 4) is 0 Å². The Hall–Kier alpha value is -2.01. The molecule has 0 unspecified atom stereocenters. The highest BCUT2D eigenvalue weighted by molar-refractivity contribution is 7.99. The fraction of sp³-hybridized carbons (Fsp3) is 0.133. The second-order valence-electron chi connectivity index (χ2n) is 4.19. The zero-order chi connectivity index (χ0) is 14.4.